The van der Waals surface area contributed by atoms with Crippen molar-refractivity contribution in [3.63, 3.8) is 0 Å². The van der Waals surface area contributed by atoms with Crippen molar-refractivity contribution < 1.29 is 9.90 Å². The van der Waals surface area contributed by atoms with Gasteiger partial charge in [-0.05, 0) is 13.8 Å². The summed E-state index contributed by atoms with van der Waals surface area (Å²) in [4.78, 5) is 19.6. The summed E-state index contributed by atoms with van der Waals surface area (Å²) >= 11 is 0. The van der Waals surface area contributed by atoms with Crippen LogP contribution in [0.15, 0.2) is 12.4 Å². The number of imidazole rings is 1. The number of rotatable bonds is 3. The molecular weight excluding hydrogens is 220 g/mol. The summed E-state index contributed by atoms with van der Waals surface area (Å²) in [6.45, 7) is 3.71. The molecule has 0 bridgehead atoms. The third-order valence-electron chi connectivity index (χ3n) is 2.79. The van der Waals surface area contributed by atoms with Gasteiger partial charge in [0, 0.05) is 24.0 Å². The average molecular weight is 234 g/mol. The van der Waals surface area contributed by atoms with Crippen molar-refractivity contribution in [1.82, 2.24) is 14.4 Å². The van der Waals surface area contributed by atoms with Crippen molar-refractivity contribution in [2.75, 3.05) is 6.54 Å². The Kier molecular flexibility index (Phi) is 2.81. The third-order valence-corrected chi connectivity index (χ3v) is 2.79. The largest absolute Gasteiger partial charge is 0.481 e. The van der Waals surface area contributed by atoms with E-state index in [9.17, 15) is 4.79 Å². The normalized spacial score (nSPS) is 12.9. The number of hydrogen-bond acceptors (Lipinski definition) is 4. The molecule has 90 valence electrons. The molecular formula is C11H14N4O2. The van der Waals surface area contributed by atoms with Gasteiger partial charge in [-0.1, -0.05) is 0 Å². The third kappa shape index (κ3) is 1.87. The van der Waals surface area contributed by atoms with Gasteiger partial charge < -0.3 is 10.8 Å². The number of fused-ring (bicyclic) bond motifs is 1. The van der Waals surface area contributed by atoms with Gasteiger partial charge in [-0.2, -0.15) is 0 Å². The molecule has 2 rings (SSSR count). The van der Waals surface area contributed by atoms with Crippen LogP contribution >= 0.6 is 0 Å². The van der Waals surface area contributed by atoms with Crippen molar-refractivity contribution >= 4 is 11.6 Å². The number of carboxylic acid groups (broad SMARTS) is 1. The first-order valence-electron chi connectivity index (χ1n) is 5.28. The van der Waals surface area contributed by atoms with Crippen LogP contribution in [0, 0.1) is 13.8 Å². The van der Waals surface area contributed by atoms with Crippen LogP contribution in [0.1, 0.15) is 23.0 Å². The second kappa shape index (κ2) is 4.14. The topological polar surface area (TPSA) is 93.5 Å². The Bertz CT molecular complexity index is 576. The minimum absolute atomic E-state index is 0.0342. The van der Waals surface area contributed by atoms with Crippen molar-refractivity contribution in [2.24, 2.45) is 5.73 Å². The molecule has 0 radical (unpaired) electrons. The molecule has 3 N–H and O–H groups in total. The van der Waals surface area contributed by atoms with Gasteiger partial charge in [-0.15, -0.1) is 0 Å². The highest BCUT2D eigenvalue weighted by atomic mass is 16.4. The van der Waals surface area contributed by atoms with Gasteiger partial charge in [0.2, 0.25) is 0 Å². The maximum Gasteiger partial charge on any atom is 0.313 e. The average Bonchev–Trinajstić information content (AvgIpc) is 2.56. The van der Waals surface area contributed by atoms with Crippen LogP contribution in [0.4, 0.5) is 0 Å². The van der Waals surface area contributed by atoms with Crippen molar-refractivity contribution in [3.05, 3.63) is 29.5 Å². The van der Waals surface area contributed by atoms with E-state index in [0.717, 1.165) is 11.4 Å². The Labute approximate surface area is 98.1 Å². The molecule has 17 heavy (non-hydrogen) atoms. The molecule has 2 heterocycles. The van der Waals surface area contributed by atoms with Crippen LogP contribution in [0.3, 0.4) is 0 Å². The monoisotopic (exact) mass is 234 g/mol. The zero-order valence-corrected chi connectivity index (χ0v) is 9.71. The summed E-state index contributed by atoms with van der Waals surface area (Å²) in [6, 6.07) is 1.81. The molecule has 0 saturated carbocycles. The van der Waals surface area contributed by atoms with Gasteiger partial charge in [0.1, 0.15) is 17.9 Å². The second-order valence-corrected chi connectivity index (χ2v) is 3.97. The molecule has 1 atom stereocenters. The van der Waals surface area contributed by atoms with Crippen molar-refractivity contribution in [2.45, 2.75) is 19.8 Å². The maximum absolute atomic E-state index is 11.1. The fraction of sp³-hybridized carbons (Fsp3) is 0.364. The Hall–Kier alpha value is -1.95. The quantitative estimate of drug-likeness (QED) is 0.805. The predicted octanol–water partition coefficient (Wildman–Crippen LogP) is 0.473. The van der Waals surface area contributed by atoms with Crippen LogP contribution in [-0.2, 0) is 4.79 Å². The van der Waals surface area contributed by atoms with Crippen molar-refractivity contribution in [1.29, 1.82) is 0 Å². The van der Waals surface area contributed by atoms with E-state index in [1.54, 1.807) is 10.7 Å². The summed E-state index contributed by atoms with van der Waals surface area (Å²) in [5, 5.41) is 9.09. The highest BCUT2D eigenvalue weighted by molar-refractivity contribution is 5.76. The SMILES string of the molecule is Cc1cc2nc(C(CN)C(=O)O)c(C)n2cn1. The lowest BCUT2D eigenvalue weighted by atomic mass is 10.1. The minimum atomic E-state index is -0.955. The van der Waals surface area contributed by atoms with E-state index in [4.69, 9.17) is 10.8 Å². The van der Waals surface area contributed by atoms with Crippen LogP contribution in [0.25, 0.3) is 5.65 Å². The number of carboxylic acids is 1. The van der Waals surface area contributed by atoms with Gasteiger partial charge in [0.05, 0.1) is 5.69 Å². The molecule has 0 fully saturated rings. The molecule has 0 aliphatic heterocycles. The molecule has 0 amide bonds. The number of nitrogens with zero attached hydrogens (tertiary/aromatic N) is 3. The summed E-state index contributed by atoms with van der Waals surface area (Å²) in [5.41, 5.74) is 8.30. The van der Waals surface area contributed by atoms with E-state index < -0.39 is 11.9 Å². The smallest absolute Gasteiger partial charge is 0.313 e. The Morgan fingerprint density at radius 1 is 1.59 bits per heavy atom. The fourth-order valence-corrected chi connectivity index (χ4v) is 1.83. The predicted molar refractivity (Wildman–Crippen MR) is 61.9 cm³/mol. The number of nitrogens with two attached hydrogens (primary N) is 1. The Morgan fingerprint density at radius 2 is 2.29 bits per heavy atom. The number of aryl methyl sites for hydroxylation is 2. The minimum Gasteiger partial charge on any atom is -0.481 e. The molecule has 0 aromatic carbocycles. The van der Waals surface area contributed by atoms with Crippen LogP contribution < -0.4 is 5.73 Å². The standard InChI is InChI=1S/C11H14N4O2/c1-6-3-9-14-10(8(4-12)11(16)17)7(2)15(9)5-13-6/h3,5,8H,4,12H2,1-2H3,(H,16,17). The van der Waals surface area contributed by atoms with Crippen LogP contribution in [0.5, 0.6) is 0 Å². The molecule has 0 spiro atoms. The lowest BCUT2D eigenvalue weighted by Crippen LogP contribution is -2.22. The number of carbonyl (C=O) groups is 1. The first-order valence-corrected chi connectivity index (χ1v) is 5.28. The fourth-order valence-electron chi connectivity index (χ4n) is 1.83. The molecule has 2 aromatic rings. The lowest BCUT2D eigenvalue weighted by Gasteiger charge is -2.07. The van der Waals surface area contributed by atoms with Gasteiger partial charge >= 0.3 is 5.97 Å². The van der Waals surface area contributed by atoms with E-state index in [2.05, 4.69) is 9.97 Å². The molecule has 0 aliphatic carbocycles. The molecule has 0 aliphatic rings. The van der Waals surface area contributed by atoms with E-state index in [-0.39, 0.29) is 6.54 Å². The highest BCUT2D eigenvalue weighted by Gasteiger charge is 2.24. The molecule has 6 heteroatoms. The first-order chi connectivity index (χ1) is 8.04. The zero-order chi connectivity index (χ0) is 12.6. The van der Waals surface area contributed by atoms with E-state index >= 15 is 0 Å². The van der Waals surface area contributed by atoms with Gasteiger partial charge in [0.15, 0.2) is 0 Å². The Balaban J connectivity index is 2.62. The van der Waals surface area contributed by atoms with Crippen LogP contribution in [0.2, 0.25) is 0 Å². The number of hydrogen-bond donors (Lipinski definition) is 2. The molecule has 1 unspecified atom stereocenters. The van der Waals surface area contributed by atoms with E-state index in [0.29, 0.717) is 11.3 Å². The number of aliphatic carboxylic acids is 1. The summed E-state index contributed by atoms with van der Waals surface area (Å²) in [5.74, 6) is -1.72. The van der Waals surface area contributed by atoms with E-state index in [1.807, 2.05) is 19.9 Å². The molecule has 6 nitrogen and oxygen atoms in total. The maximum atomic E-state index is 11.1. The van der Waals surface area contributed by atoms with Gasteiger partial charge in [-0.3, -0.25) is 9.20 Å². The zero-order valence-electron chi connectivity index (χ0n) is 9.71. The van der Waals surface area contributed by atoms with Crippen molar-refractivity contribution in [3.8, 4) is 0 Å². The second-order valence-electron chi connectivity index (χ2n) is 3.97. The summed E-state index contributed by atoms with van der Waals surface area (Å²) < 4.78 is 1.77. The van der Waals surface area contributed by atoms with Crippen LogP contribution in [-0.4, -0.2) is 32.0 Å². The summed E-state index contributed by atoms with van der Waals surface area (Å²) in [6.07, 6.45) is 1.64. The Morgan fingerprint density at radius 3 is 2.88 bits per heavy atom. The molecule has 0 saturated heterocycles. The first kappa shape index (κ1) is 11.5. The van der Waals surface area contributed by atoms with Gasteiger partial charge in [-0.25, -0.2) is 9.97 Å². The lowest BCUT2D eigenvalue weighted by molar-refractivity contribution is -0.138. The van der Waals surface area contributed by atoms with E-state index in [1.165, 1.54) is 0 Å². The number of aromatic nitrogens is 3. The van der Waals surface area contributed by atoms with Gasteiger partial charge in [0.25, 0.3) is 0 Å². The summed E-state index contributed by atoms with van der Waals surface area (Å²) in [7, 11) is 0. The highest BCUT2D eigenvalue weighted by Crippen LogP contribution is 2.20. The molecule has 2 aromatic heterocycles.